The van der Waals surface area contributed by atoms with Gasteiger partial charge in [0.05, 0.1) is 16.0 Å². The number of pyridine rings is 2. The smallest absolute Gasteiger partial charge is 0.410 e. The largest absolute Gasteiger partial charge is 0.444 e. The van der Waals surface area contributed by atoms with Gasteiger partial charge in [-0.25, -0.2) is 18.2 Å². The Kier molecular flexibility index (Phi) is 7.61. The number of aromatic nitrogens is 2. The van der Waals surface area contributed by atoms with Gasteiger partial charge in [0, 0.05) is 36.8 Å². The first kappa shape index (κ1) is 28.4. The minimum Gasteiger partial charge on any atom is -0.444 e. The predicted octanol–water partition coefficient (Wildman–Crippen LogP) is 5.85. The van der Waals surface area contributed by atoms with Crippen LogP contribution in [0.15, 0.2) is 76.6 Å². The van der Waals surface area contributed by atoms with Gasteiger partial charge in [-0.1, -0.05) is 24.3 Å². The van der Waals surface area contributed by atoms with Crippen molar-refractivity contribution in [1.82, 2.24) is 14.9 Å². The number of hydrogen-bond acceptors (Lipinski definition) is 7. The molecule has 2 aromatic carbocycles. The highest BCUT2D eigenvalue weighted by atomic mass is 32.2. The number of H-pyrrole nitrogens is 1. The molecule has 2 N–H and O–H groups in total. The number of likely N-dealkylation sites (tertiary alicyclic amines) is 1. The van der Waals surface area contributed by atoms with Crippen LogP contribution in [0.1, 0.15) is 45.1 Å². The number of hydrogen-bond donors (Lipinski definition) is 2. The average Bonchev–Trinajstić information content (AvgIpc) is 2.92. The van der Waals surface area contributed by atoms with E-state index in [0.29, 0.717) is 41.3 Å². The molecule has 4 aromatic rings. The minimum absolute atomic E-state index is 0.229. The van der Waals surface area contributed by atoms with Gasteiger partial charge in [0.25, 0.3) is 5.56 Å². The molecule has 1 aliphatic heterocycles. The van der Waals surface area contributed by atoms with Crippen LogP contribution in [0.25, 0.3) is 22.0 Å². The first-order valence-corrected chi connectivity index (χ1v) is 15.4. The van der Waals surface area contributed by atoms with Gasteiger partial charge in [-0.15, -0.1) is 0 Å². The number of ether oxygens (including phenoxy) is 1. The SMILES string of the molecule is CC(C)(C)OC(=O)N1CCC(c2ccc(Nc3nc(-c4ccc(S(C)(=O)=O)cc4)cc4cc[nH]c(=O)c34)cc2)CC1. The van der Waals surface area contributed by atoms with Crippen LogP contribution < -0.4 is 10.9 Å². The predicted molar refractivity (Wildman–Crippen MR) is 160 cm³/mol. The quantitative estimate of drug-likeness (QED) is 0.307. The molecule has 9 nitrogen and oxygen atoms in total. The molecule has 1 saturated heterocycles. The maximum absolute atomic E-state index is 12.8. The molecule has 0 saturated carbocycles. The molecule has 214 valence electrons. The number of piperidine rings is 1. The van der Waals surface area contributed by atoms with Crippen LogP contribution in [0.5, 0.6) is 0 Å². The molecule has 0 aliphatic carbocycles. The number of rotatable bonds is 5. The Morgan fingerprint density at radius 2 is 1.68 bits per heavy atom. The normalized spacial score (nSPS) is 14.7. The Morgan fingerprint density at radius 3 is 2.29 bits per heavy atom. The van der Waals surface area contributed by atoms with Crippen LogP contribution in [-0.4, -0.2) is 54.3 Å². The zero-order valence-corrected chi connectivity index (χ0v) is 24.4. The van der Waals surface area contributed by atoms with Crippen molar-refractivity contribution in [2.24, 2.45) is 0 Å². The lowest BCUT2D eigenvalue weighted by Crippen LogP contribution is -2.41. The van der Waals surface area contributed by atoms with Gasteiger partial charge in [-0.05, 0) is 86.9 Å². The number of fused-ring (bicyclic) bond motifs is 1. The number of nitrogens with zero attached hydrogens (tertiary/aromatic N) is 2. The average molecular weight is 575 g/mol. The Bertz CT molecular complexity index is 1730. The Balaban J connectivity index is 1.35. The van der Waals surface area contributed by atoms with Crippen LogP contribution in [0.3, 0.4) is 0 Å². The summed E-state index contributed by atoms with van der Waals surface area (Å²) in [6, 6.07) is 18.2. The van der Waals surface area contributed by atoms with Crippen LogP contribution in [0.4, 0.5) is 16.3 Å². The standard InChI is InChI=1S/C31H34N4O5S/c1-31(2,3)40-30(37)35-17-14-21(15-18-35)20-5-9-24(10-6-20)33-28-27-23(13-16-32-29(27)36)19-26(34-28)22-7-11-25(12-8-22)41(4,38)39/h5-13,16,19,21H,14-15,17-18H2,1-4H3,(H,32,36)(H,33,34). The topological polar surface area (TPSA) is 121 Å². The summed E-state index contributed by atoms with van der Waals surface area (Å²) in [6.07, 6.45) is 4.21. The van der Waals surface area contributed by atoms with Crippen LogP contribution in [-0.2, 0) is 14.6 Å². The summed E-state index contributed by atoms with van der Waals surface area (Å²) in [6.45, 7) is 6.91. The monoisotopic (exact) mass is 574 g/mol. The van der Waals surface area contributed by atoms with Gasteiger partial charge >= 0.3 is 6.09 Å². The molecule has 5 rings (SSSR count). The number of benzene rings is 2. The van der Waals surface area contributed by atoms with Crippen molar-refractivity contribution in [3.8, 4) is 11.3 Å². The molecule has 0 radical (unpaired) electrons. The molecular weight excluding hydrogens is 540 g/mol. The number of aromatic amines is 1. The van der Waals surface area contributed by atoms with Crippen molar-refractivity contribution >= 4 is 38.2 Å². The van der Waals surface area contributed by atoms with Gasteiger partial charge in [-0.2, -0.15) is 0 Å². The lowest BCUT2D eigenvalue weighted by Gasteiger charge is -2.33. The molecule has 0 atom stereocenters. The maximum Gasteiger partial charge on any atom is 0.410 e. The van der Waals surface area contributed by atoms with Crippen molar-refractivity contribution in [1.29, 1.82) is 0 Å². The van der Waals surface area contributed by atoms with Gasteiger partial charge < -0.3 is 19.9 Å². The summed E-state index contributed by atoms with van der Waals surface area (Å²) in [5.41, 5.74) is 2.54. The molecule has 3 heterocycles. The summed E-state index contributed by atoms with van der Waals surface area (Å²) < 4.78 is 29.3. The third-order valence-corrected chi connectivity index (χ3v) is 8.25. The molecule has 0 unspecified atom stereocenters. The van der Waals surface area contributed by atoms with Gasteiger partial charge in [-0.3, -0.25) is 4.79 Å². The maximum atomic E-state index is 12.8. The fourth-order valence-corrected chi connectivity index (χ4v) is 5.65. The van der Waals surface area contributed by atoms with Crippen LogP contribution in [0.2, 0.25) is 0 Å². The Labute approximate surface area is 239 Å². The molecule has 2 aromatic heterocycles. The second-order valence-electron chi connectivity index (χ2n) is 11.4. The van der Waals surface area contributed by atoms with Crippen molar-refractivity contribution in [2.75, 3.05) is 24.7 Å². The fraction of sp³-hybridized carbons (Fsp3) is 0.323. The van der Waals surface area contributed by atoms with Crippen molar-refractivity contribution in [3.63, 3.8) is 0 Å². The highest BCUT2D eigenvalue weighted by Crippen LogP contribution is 2.32. The van der Waals surface area contributed by atoms with E-state index >= 15 is 0 Å². The van der Waals surface area contributed by atoms with E-state index in [1.165, 1.54) is 11.8 Å². The summed E-state index contributed by atoms with van der Waals surface area (Å²) in [7, 11) is -3.32. The summed E-state index contributed by atoms with van der Waals surface area (Å²) >= 11 is 0. The van der Waals surface area contributed by atoms with Crippen LogP contribution in [0, 0.1) is 0 Å². The van der Waals surface area contributed by atoms with E-state index in [1.807, 2.05) is 45.0 Å². The second kappa shape index (κ2) is 11.0. The van der Waals surface area contributed by atoms with Crippen molar-refractivity contribution in [3.05, 3.63) is 82.8 Å². The molecule has 1 amide bonds. The van der Waals surface area contributed by atoms with E-state index in [9.17, 15) is 18.0 Å². The van der Waals surface area contributed by atoms with Gasteiger partial charge in [0.15, 0.2) is 9.84 Å². The zero-order valence-electron chi connectivity index (χ0n) is 23.6. The van der Waals surface area contributed by atoms with E-state index in [4.69, 9.17) is 9.72 Å². The molecule has 1 aliphatic rings. The highest BCUT2D eigenvalue weighted by Gasteiger charge is 2.27. The van der Waals surface area contributed by atoms with Gasteiger partial charge in [0.2, 0.25) is 0 Å². The van der Waals surface area contributed by atoms with Crippen molar-refractivity contribution < 1.29 is 17.9 Å². The van der Waals surface area contributed by atoms with Crippen LogP contribution >= 0.6 is 0 Å². The third-order valence-electron chi connectivity index (χ3n) is 7.12. The zero-order chi connectivity index (χ0) is 29.4. The molecule has 1 fully saturated rings. The molecule has 0 bridgehead atoms. The number of anilines is 2. The van der Waals surface area contributed by atoms with Crippen molar-refractivity contribution in [2.45, 2.75) is 50.0 Å². The summed E-state index contributed by atoms with van der Waals surface area (Å²) in [5, 5.41) is 4.45. The highest BCUT2D eigenvalue weighted by molar-refractivity contribution is 7.90. The number of sulfone groups is 1. The number of carbonyl (C=O) groups is 1. The lowest BCUT2D eigenvalue weighted by atomic mass is 9.89. The first-order chi connectivity index (χ1) is 19.4. The molecular formula is C31H34N4O5S. The third kappa shape index (κ3) is 6.59. The summed E-state index contributed by atoms with van der Waals surface area (Å²) in [5.74, 6) is 0.743. The summed E-state index contributed by atoms with van der Waals surface area (Å²) in [4.78, 5) is 34.6. The first-order valence-electron chi connectivity index (χ1n) is 13.6. The van der Waals surface area contributed by atoms with E-state index in [0.717, 1.165) is 24.1 Å². The Morgan fingerprint density at radius 1 is 1.02 bits per heavy atom. The number of carbonyl (C=O) groups excluding carboxylic acids is 1. The fourth-order valence-electron chi connectivity index (χ4n) is 5.02. The van der Waals surface area contributed by atoms with E-state index < -0.39 is 15.4 Å². The molecule has 0 spiro atoms. The van der Waals surface area contributed by atoms with E-state index in [2.05, 4.69) is 22.4 Å². The molecule has 41 heavy (non-hydrogen) atoms. The number of nitrogens with one attached hydrogen (secondary N) is 2. The molecule has 10 heteroatoms. The number of amides is 1. The minimum atomic E-state index is -3.32. The Hall–Kier alpha value is -4.18. The van der Waals surface area contributed by atoms with E-state index in [1.54, 1.807) is 35.4 Å². The second-order valence-corrected chi connectivity index (χ2v) is 13.4. The van der Waals surface area contributed by atoms with Gasteiger partial charge in [0.1, 0.15) is 11.4 Å². The van der Waals surface area contributed by atoms with E-state index in [-0.39, 0.29) is 16.5 Å². The lowest BCUT2D eigenvalue weighted by molar-refractivity contribution is 0.0205.